The Bertz CT molecular complexity index is 1430. The highest BCUT2D eigenvalue weighted by molar-refractivity contribution is 7.14. The molecule has 0 N–H and O–H groups in total. The third kappa shape index (κ3) is 4.69. The van der Waals surface area contributed by atoms with Crippen molar-refractivity contribution in [2.45, 2.75) is 34.2 Å². The minimum Gasteiger partial charge on any atom is -0.493 e. The number of carbonyl (C=O) groups is 1. The lowest BCUT2D eigenvalue weighted by atomic mass is 10.0. The fourth-order valence-electron chi connectivity index (χ4n) is 4.14. The predicted octanol–water partition coefficient (Wildman–Crippen LogP) is 4.64. The van der Waals surface area contributed by atoms with E-state index in [2.05, 4.69) is 10.1 Å². The fourth-order valence-corrected chi connectivity index (χ4v) is 5.00. The molecule has 4 rings (SSSR count). The van der Waals surface area contributed by atoms with Crippen LogP contribution in [0, 0.1) is 20.8 Å². The molecule has 0 unspecified atom stereocenters. The predicted molar refractivity (Wildman–Crippen MR) is 134 cm³/mol. The fraction of sp³-hybridized carbons (Fsp3) is 0.280. The number of hydrogen-bond acceptors (Lipinski definition) is 8. The monoisotopic (exact) mass is 494 g/mol. The van der Waals surface area contributed by atoms with Crippen LogP contribution >= 0.6 is 11.3 Å². The lowest BCUT2D eigenvalue weighted by Crippen LogP contribution is -2.24. The Balaban J connectivity index is 1.69. The molecule has 2 heterocycles. The number of benzene rings is 2. The Labute approximate surface area is 206 Å². The molecule has 0 aliphatic carbocycles. The molecule has 9 nitrogen and oxygen atoms in total. The molecule has 35 heavy (non-hydrogen) atoms. The molecule has 4 aromatic rings. The first-order valence-electron chi connectivity index (χ1n) is 10.8. The molecular formula is C25H26N4O5S. The average molecular weight is 495 g/mol. The number of rotatable bonds is 7. The highest BCUT2D eigenvalue weighted by Gasteiger charge is 2.23. The Kier molecular flexibility index (Phi) is 6.74. The van der Waals surface area contributed by atoms with Gasteiger partial charge in [0.25, 0.3) is 0 Å². The van der Waals surface area contributed by atoms with Crippen LogP contribution in [0.4, 0.5) is 10.8 Å². The average Bonchev–Trinajstić information content (AvgIpc) is 3.42. The summed E-state index contributed by atoms with van der Waals surface area (Å²) in [6, 6.07) is 9.30. The van der Waals surface area contributed by atoms with Crippen LogP contribution in [-0.2, 0) is 11.3 Å². The number of ether oxygens (including phenoxy) is 2. The molecule has 0 saturated heterocycles. The summed E-state index contributed by atoms with van der Waals surface area (Å²) >= 11 is 1.33. The summed E-state index contributed by atoms with van der Waals surface area (Å²) in [5, 5.41) is 6.30. The van der Waals surface area contributed by atoms with E-state index in [9.17, 15) is 9.59 Å². The zero-order chi connectivity index (χ0) is 25.3. The van der Waals surface area contributed by atoms with Gasteiger partial charge in [0, 0.05) is 17.9 Å². The quantitative estimate of drug-likeness (QED) is 0.369. The minimum atomic E-state index is -0.613. The van der Waals surface area contributed by atoms with Crippen LogP contribution in [0.15, 0.2) is 45.0 Å². The normalized spacial score (nSPS) is 10.9. The number of carbonyl (C=O) groups excluding carboxylic acids is 1. The molecule has 0 bridgehead atoms. The van der Waals surface area contributed by atoms with Crippen molar-refractivity contribution in [1.82, 2.24) is 14.7 Å². The van der Waals surface area contributed by atoms with E-state index >= 15 is 0 Å². The van der Waals surface area contributed by atoms with Crippen molar-refractivity contribution in [3.63, 3.8) is 0 Å². The van der Waals surface area contributed by atoms with Gasteiger partial charge in [-0.15, -0.1) is 11.3 Å². The van der Waals surface area contributed by atoms with Gasteiger partial charge in [-0.2, -0.15) is 0 Å². The second-order valence-electron chi connectivity index (χ2n) is 8.15. The van der Waals surface area contributed by atoms with Crippen LogP contribution in [0.2, 0.25) is 0 Å². The topological polar surface area (TPSA) is 99.7 Å². The maximum atomic E-state index is 12.7. The van der Waals surface area contributed by atoms with Crippen molar-refractivity contribution >= 4 is 28.1 Å². The van der Waals surface area contributed by atoms with E-state index in [1.54, 1.807) is 30.2 Å². The first kappa shape index (κ1) is 24.2. The third-order valence-corrected chi connectivity index (χ3v) is 6.43. The maximum Gasteiger partial charge on any atom is 0.442 e. The van der Waals surface area contributed by atoms with Crippen LogP contribution in [0.5, 0.6) is 11.5 Å². The van der Waals surface area contributed by atoms with Gasteiger partial charge in [0.2, 0.25) is 5.91 Å². The van der Waals surface area contributed by atoms with Crippen molar-refractivity contribution in [2.24, 2.45) is 0 Å². The first-order chi connectivity index (χ1) is 16.7. The summed E-state index contributed by atoms with van der Waals surface area (Å²) in [4.78, 5) is 31.4. The molecule has 0 fully saturated rings. The summed E-state index contributed by atoms with van der Waals surface area (Å²) in [6.45, 7) is 7.62. The van der Waals surface area contributed by atoms with Crippen molar-refractivity contribution in [1.29, 1.82) is 0 Å². The number of aryl methyl sites for hydroxylation is 3. The molecule has 0 atom stereocenters. The maximum absolute atomic E-state index is 12.7. The van der Waals surface area contributed by atoms with Gasteiger partial charge in [-0.05, 0) is 50.1 Å². The molecule has 0 aliphatic heterocycles. The molecule has 0 aliphatic rings. The van der Waals surface area contributed by atoms with E-state index in [1.165, 1.54) is 29.9 Å². The van der Waals surface area contributed by atoms with Crippen molar-refractivity contribution < 1.29 is 18.8 Å². The molecule has 0 saturated carbocycles. The third-order valence-electron chi connectivity index (χ3n) is 5.55. The van der Waals surface area contributed by atoms with Gasteiger partial charge in [-0.25, -0.2) is 9.78 Å². The number of amides is 1. The summed E-state index contributed by atoms with van der Waals surface area (Å²) in [5.41, 5.74) is 5.14. The van der Waals surface area contributed by atoms with Gasteiger partial charge >= 0.3 is 5.76 Å². The molecular weight excluding hydrogens is 468 g/mol. The Morgan fingerprint density at radius 2 is 1.77 bits per heavy atom. The minimum absolute atomic E-state index is 0.125. The summed E-state index contributed by atoms with van der Waals surface area (Å²) in [6.07, 6.45) is 0. The Morgan fingerprint density at radius 1 is 1.09 bits per heavy atom. The van der Waals surface area contributed by atoms with Gasteiger partial charge in [-0.1, -0.05) is 22.9 Å². The van der Waals surface area contributed by atoms with Crippen molar-refractivity contribution in [3.8, 4) is 22.9 Å². The lowest BCUT2D eigenvalue weighted by Gasteiger charge is -2.23. The largest absolute Gasteiger partial charge is 0.493 e. The summed E-state index contributed by atoms with van der Waals surface area (Å²) in [5.74, 6) is 0.638. The standard InChI is InChI=1S/C25H26N4O5S/c1-14-9-15(2)22(16(3)10-14)29(17(4)30)24-26-19(13-35-24)12-28-23(27-34-25(28)31)18-7-8-20(32-5)21(11-18)33-6/h7-11,13H,12H2,1-6H3. The smallest absolute Gasteiger partial charge is 0.442 e. The van der Waals surface area contributed by atoms with Crippen LogP contribution in [0.25, 0.3) is 11.4 Å². The Morgan fingerprint density at radius 3 is 2.40 bits per heavy atom. The zero-order valence-electron chi connectivity index (χ0n) is 20.4. The highest BCUT2D eigenvalue weighted by atomic mass is 32.1. The summed E-state index contributed by atoms with van der Waals surface area (Å²) < 4.78 is 17.0. The second-order valence-corrected chi connectivity index (χ2v) is 8.99. The summed E-state index contributed by atoms with van der Waals surface area (Å²) in [7, 11) is 3.08. The number of methoxy groups -OCH3 is 2. The van der Waals surface area contributed by atoms with E-state index in [0.29, 0.717) is 33.7 Å². The lowest BCUT2D eigenvalue weighted by molar-refractivity contribution is -0.115. The van der Waals surface area contributed by atoms with Crippen LogP contribution < -0.4 is 20.1 Å². The van der Waals surface area contributed by atoms with E-state index in [0.717, 1.165) is 22.4 Å². The molecule has 182 valence electrons. The molecule has 10 heteroatoms. The van der Waals surface area contributed by atoms with E-state index in [-0.39, 0.29) is 12.5 Å². The van der Waals surface area contributed by atoms with Gasteiger partial charge in [0.05, 0.1) is 32.1 Å². The van der Waals surface area contributed by atoms with Crippen LogP contribution in [-0.4, -0.2) is 34.8 Å². The molecule has 2 aromatic carbocycles. The van der Waals surface area contributed by atoms with Gasteiger partial charge in [0.1, 0.15) is 0 Å². The van der Waals surface area contributed by atoms with E-state index in [1.807, 2.05) is 38.3 Å². The van der Waals surface area contributed by atoms with Gasteiger partial charge in [0.15, 0.2) is 22.5 Å². The number of thiazole rings is 1. The molecule has 1 amide bonds. The number of aromatic nitrogens is 3. The van der Waals surface area contributed by atoms with E-state index < -0.39 is 5.76 Å². The van der Waals surface area contributed by atoms with Crippen LogP contribution in [0.3, 0.4) is 0 Å². The number of hydrogen-bond donors (Lipinski definition) is 0. The molecule has 0 spiro atoms. The van der Waals surface area contributed by atoms with E-state index in [4.69, 9.17) is 14.0 Å². The second kappa shape index (κ2) is 9.75. The molecule has 2 aromatic heterocycles. The SMILES string of the molecule is COc1ccc(-c2noc(=O)n2Cc2csc(N(C(C)=O)c3c(C)cc(C)cc3C)n2)cc1OC. The van der Waals surface area contributed by atoms with Crippen LogP contribution in [0.1, 0.15) is 29.3 Å². The zero-order valence-corrected chi connectivity index (χ0v) is 21.2. The first-order valence-corrected chi connectivity index (χ1v) is 11.7. The van der Waals surface area contributed by atoms with Crippen molar-refractivity contribution in [3.05, 3.63) is 68.6 Å². The number of anilines is 2. The Hall–Kier alpha value is -3.92. The van der Waals surface area contributed by atoms with Crippen molar-refractivity contribution in [2.75, 3.05) is 19.1 Å². The van der Waals surface area contributed by atoms with Gasteiger partial charge < -0.3 is 9.47 Å². The molecule has 0 radical (unpaired) electrons. The number of nitrogens with zero attached hydrogens (tertiary/aromatic N) is 4. The highest BCUT2D eigenvalue weighted by Crippen LogP contribution is 2.35. The van der Waals surface area contributed by atoms with Gasteiger partial charge in [-0.3, -0.25) is 18.8 Å².